The highest BCUT2D eigenvalue weighted by atomic mass is 35.5. The molecule has 2 N–H and O–H groups in total. The van der Waals surface area contributed by atoms with Crippen molar-refractivity contribution in [3.63, 3.8) is 0 Å². The normalized spacial score (nSPS) is 14.3. The van der Waals surface area contributed by atoms with Crippen molar-refractivity contribution >= 4 is 29.3 Å². The zero-order chi connectivity index (χ0) is 18.7. The highest BCUT2D eigenvalue weighted by Gasteiger charge is 2.45. The Balaban J connectivity index is 1.71. The summed E-state index contributed by atoms with van der Waals surface area (Å²) in [5.41, 5.74) is 1.28. The lowest BCUT2D eigenvalue weighted by atomic mass is 10.1. The average Bonchev–Trinajstić information content (AvgIpc) is 3.43. The molecule has 1 fully saturated rings. The van der Waals surface area contributed by atoms with Gasteiger partial charge in [0.2, 0.25) is 0 Å². The molecule has 0 unspecified atom stereocenters. The van der Waals surface area contributed by atoms with Crippen LogP contribution in [-0.4, -0.2) is 26.2 Å². The fraction of sp³-hybridized carbons (Fsp3) is 0.263. The lowest BCUT2D eigenvalue weighted by Gasteiger charge is -2.19. The van der Waals surface area contributed by atoms with Gasteiger partial charge in [0.25, 0.3) is 0 Å². The summed E-state index contributed by atoms with van der Waals surface area (Å²) in [4.78, 5) is 24.1. The summed E-state index contributed by atoms with van der Waals surface area (Å²) in [6.45, 7) is 0. The molecule has 0 atom stereocenters. The molecule has 1 saturated carbocycles. The van der Waals surface area contributed by atoms with Crippen molar-refractivity contribution in [1.29, 1.82) is 0 Å². The highest BCUT2D eigenvalue weighted by molar-refractivity contribution is 6.33. The third-order valence-electron chi connectivity index (χ3n) is 4.38. The van der Waals surface area contributed by atoms with E-state index in [1.165, 1.54) is 19.2 Å². The van der Waals surface area contributed by atoms with Crippen molar-refractivity contribution in [2.75, 3.05) is 19.5 Å². The number of benzene rings is 2. The first kappa shape index (κ1) is 18.1. The fourth-order valence-corrected chi connectivity index (χ4v) is 2.92. The van der Waals surface area contributed by atoms with E-state index in [1.807, 2.05) is 24.3 Å². The van der Waals surface area contributed by atoms with E-state index >= 15 is 0 Å². The van der Waals surface area contributed by atoms with Gasteiger partial charge < -0.3 is 20.1 Å². The molecule has 0 heterocycles. The van der Waals surface area contributed by atoms with Gasteiger partial charge in [-0.3, -0.25) is 0 Å². The number of hydrogen-bond donors (Lipinski definition) is 2. The maximum atomic E-state index is 12.4. The molecule has 2 aromatic rings. The number of esters is 1. The average molecular weight is 375 g/mol. The van der Waals surface area contributed by atoms with Crippen LogP contribution in [0.4, 0.5) is 10.5 Å². The highest BCUT2D eigenvalue weighted by Crippen LogP contribution is 2.45. The number of methoxy groups -OCH3 is 2. The Labute approximate surface area is 156 Å². The van der Waals surface area contributed by atoms with Crippen molar-refractivity contribution < 1.29 is 19.1 Å². The first-order chi connectivity index (χ1) is 12.5. The van der Waals surface area contributed by atoms with Crippen molar-refractivity contribution in [2.45, 2.75) is 18.4 Å². The maximum absolute atomic E-state index is 12.4. The Morgan fingerprint density at radius 2 is 1.77 bits per heavy atom. The molecule has 1 aliphatic rings. The number of anilines is 1. The number of ether oxygens (including phenoxy) is 2. The van der Waals surface area contributed by atoms with Crippen molar-refractivity contribution in [3.05, 3.63) is 58.6 Å². The van der Waals surface area contributed by atoms with E-state index in [9.17, 15) is 9.59 Å². The standard InChI is InChI=1S/C19H19ClN2O4/c1-25-14-6-4-13(5-7-14)19(9-10-19)22-18(24)21-16-11-12(17(23)26-2)3-8-15(16)20/h3-8,11H,9-10H2,1-2H3,(H2,21,22,24). The quantitative estimate of drug-likeness (QED) is 0.777. The molecule has 0 aromatic heterocycles. The smallest absolute Gasteiger partial charge is 0.337 e. The van der Waals surface area contributed by atoms with Crippen LogP contribution in [0.25, 0.3) is 0 Å². The van der Waals surface area contributed by atoms with Gasteiger partial charge in [0.15, 0.2) is 0 Å². The monoisotopic (exact) mass is 374 g/mol. The van der Waals surface area contributed by atoms with Crippen molar-refractivity contribution in [2.24, 2.45) is 0 Å². The molecular formula is C19H19ClN2O4. The minimum absolute atomic E-state index is 0.309. The molecule has 0 bridgehead atoms. The van der Waals surface area contributed by atoms with Crippen LogP contribution < -0.4 is 15.4 Å². The van der Waals surface area contributed by atoms with Crippen LogP contribution in [0.1, 0.15) is 28.8 Å². The van der Waals surface area contributed by atoms with Crippen molar-refractivity contribution in [3.8, 4) is 5.75 Å². The van der Waals surface area contributed by atoms with Crippen LogP contribution in [0.15, 0.2) is 42.5 Å². The predicted octanol–water partition coefficient (Wildman–Crippen LogP) is 3.95. The zero-order valence-corrected chi connectivity index (χ0v) is 15.2. The lowest BCUT2D eigenvalue weighted by molar-refractivity contribution is 0.0600. The molecule has 136 valence electrons. The Morgan fingerprint density at radius 1 is 1.08 bits per heavy atom. The topological polar surface area (TPSA) is 76.7 Å². The largest absolute Gasteiger partial charge is 0.497 e. The number of amides is 2. The Kier molecular flexibility index (Phi) is 5.04. The van der Waals surface area contributed by atoms with E-state index in [1.54, 1.807) is 13.2 Å². The van der Waals surface area contributed by atoms with Gasteiger partial charge >= 0.3 is 12.0 Å². The Morgan fingerprint density at radius 3 is 2.35 bits per heavy atom. The van der Waals surface area contributed by atoms with E-state index in [0.29, 0.717) is 16.3 Å². The molecular weight excluding hydrogens is 356 g/mol. The van der Waals surface area contributed by atoms with E-state index in [2.05, 4.69) is 15.4 Å². The summed E-state index contributed by atoms with van der Waals surface area (Å²) in [5.74, 6) is 0.266. The lowest BCUT2D eigenvalue weighted by Crippen LogP contribution is -2.38. The van der Waals surface area contributed by atoms with Crippen LogP contribution in [-0.2, 0) is 10.3 Å². The van der Waals surface area contributed by atoms with Crippen LogP contribution in [0.3, 0.4) is 0 Å². The molecule has 2 aromatic carbocycles. The number of halogens is 1. The minimum atomic E-state index is -0.498. The number of rotatable bonds is 5. The summed E-state index contributed by atoms with van der Waals surface area (Å²) in [7, 11) is 2.90. The second kappa shape index (κ2) is 7.25. The third kappa shape index (κ3) is 3.75. The minimum Gasteiger partial charge on any atom is -0.497 e. The van der Waals surface area contributed by atoms with Crippen LogP contribution >= 0.6 is 11.6 Å². The SMILES string of the molecule is COC(=O)c1ccc(Cl)c(NC(=O)NC2(c3ccc(OC)cc3)CC2)c1. The molecule has 1 aliphatic carbocycles. The van der Waals surface area contributed by atoms with Crippen LogP contribution in [0.5, 0.6) is 5.75 Å². The fourth-order valence-electron chi connectivity index (χ4n) is 2.76. The molecule has 0 spiro atoms. The number of nitrogens with one attached hydrogen (secondary N) is 2. The maximum Gasteiger partial charge on any atom is 0.337 e. The van der Waals surface area contributed by atoms with Gasteiger partial charge in [-0.1, -0.05) is 23.7 Å². The summed E-state index contributed by atoms with van der Waals surface area (Å²) >= 11 is 6.12. The zero-order valence-electron chi connectivity index (χ0n) is 14.5. The van der Waals surface area contributed by atoms with Gasteiger partial charge in [-0.25, -0.2) is 9.59 Å². The number of carbonyl (C=O) groups is 2. The molecule has 0 radical (unpaired) electrons. The van der Waals surface area contributed by atoms with Gasteiger partial charge in [0.05, 0.1) is 36.0 Å². The van der Waals surface area contributed by atoms with E-state index < -0.39 is 5.97 Å². The molecule has 0 saturated heterocycles. The first-order valence-electron chi connectivity index (χ1n) is 8.09. The van der Waals surface area contributed by atoms with Crippen molar-refractivity contribution in [1.82, 2.24) is 5.32 Å². The van der Waals surface area contributed by atoms with Crippen LogP contribution in [0.2, 0.25) is 5.02 Å². The molecule has 6 nitrogen and oxygen atoms in total. The molecule has 26 heavy (non-hydrogen) atoms. The molecule has 0 aliphatic heterocycles. The van der Waals surface area contributed by atoms with Gasteiger partial charge in [-0.15, -0.1) is 0 Å². The van der Waals surface area contributed by atoms with Gasteiger partial charge in [0, 0.05) is 0 Å². The van der Waals surface area contributed by atoms with E-state index in [4.69, 9.17) is 16.3 Å². The number of hydrogen-bond acceptors (Lipinski definition) is 4. The summed E-state index contributed by atoms with van der Waals surface area (Å²) in [6, 6.07) is 11.8. The third-order valence-corrected chi connectivity index (χ3v) is 4.71. The second-order valence-electron chi connectivity index (χ2n) is 6.08. The number of urea groups is 1. The Hall–Kier alpha value is -2.73. The van der Waals surface area contributed by atoms with Gasteiger partial charge in [0.1, 0.15) is 5.75 Å². The van der Waals surface area contributed by atoms with Gasteiger partial charge in [-0.2, -0.15) is 0 Å². The summed E-state index contributed by atoms with van der Waals surface area (Å²) in [5, 5.41) is 6.03. The molecule has 2 amide bonds. The second-order valence-corrected chi connectivity index (χ2v) is 6.48. The summed E-state index contributed by atoms with van der Waals surface area (Å²) < 4.78 is 9.85. The molecule has 7 heteroatoms. The number of carbonyl (C=O) groups excluding carboxylic acids is 2. The van der Waals surface area contributed by atoms with Gasteiger partial charge in [-0.05, 0) is 48.7 Å². The predicted molar refractivity (Wildman–Crippen MR) is 98.9 cm³/mol. The Bertz CT molecular complexity index is 832. The summed E-state index contributed by atoms with van der Waals surface area (Å²) in [6.07, 6.45) is 1.70. The van der Waals surface area contributed by atoms with E-state index in [0.717, 1.165) is 24.2 Å². The first-order valence-corrected chi connectivity index (χ1v) is 8.47. The van der Waals surface area contributed by atoms with E-state index in [-0.39, 0.29) is 11.6 Å². The van der Waals surface area contributed by atoms with Crippen LogP contribution in [0, 0.1) is 0 Å². The molecule has 3 rings (SSSR count).